The largest absolute Gasteiger partial charge is 0.493 e. The Morgan fingerprint density at radius 3 is 2.54 bits per heavy atom. The molecule has 1 aliphatic heterocycles. The van der Waals surface area contributed by atoms with Crippen molar-refractivity contribution in [2.24, 2.45) is 0 Å². The second kappa shape index (κ2) is 6.26. The lowest BCUT2D eigenvalue weighted by atomic mass is 9.88. The van der Waals surface area contributed by atoms with Crippen LogP contribution in [-0.2, 0) is 0 Å². The fourth-order valence-corrected chi connectivity index (χ4v) is 3.34. The van der Waals surface area contributed by atoms with Crippen LogP contribution in [0.15, 0.2) is 63.5 Å². The average Bonchev–Trinajstić information content (AvgIpc) is 2.66. The second-order valence-electron chi connectivity index (χ2n) is 6.10. The maximum atomic E-state index is 12.7. The number of benzene rings is 2. The van der Waals surface area contributed by atoms with Gasteiger partial charge in [-0.15, -0.1) is 0 Å². The summed E-state index contributed by atoms with van der Waals surface area (Å²) in [7, 11) is 3.18. The van der Waals surface area contributed by atoms with Gasteiger partial charge < -0.3 is 18.6 Å². The minimum atomic E-state index is -0.401. The molecule has 0 unspecified atom stereocenters. The summed E-state index contributed by atoms with van der Waals surface area (Å²) in [5.74, 6) is 2.23. The van der Waals surface area contributed by atoms with E-state index in [4.69, 9.17) is 18.6 Å². The molecular formula is C21H18O5. The zero-order chi connectivity index (χ0) is 18.3. The van der Waals surface area contributed by atoms with Crippen LogP contribution < -0.4 is 19.8 Å². The van der Waals surface area contributed by atoms with Crippen LogP contribution in [0.3, 0.4) is 0 Å². The Balaban J connectivity index is 1.96. The molecule has 0 N–H and O–H groups in total. The predicted octanol–water partition coefficient (Wildman–Crippen LogP) is 4.24. The van der Waals surface area contributed by atoms with E-state index in [0.717, 1.165) is 16.7 Å². The van der Waals surface area contributed by atoms with Gasteiger partial charge in [-0.2, -0.15) is 0 Å². The van der Waals surface area contributed by atoms with Gasteiger partial charge in [0.05, 0.1) is 30.9 Å². The van der Waals surface area contributed by atoms with Gasteiger partial charge in [0, 0.05) is 5.92 Å². The molecule has 0 radical (unpaired) electrons. The summed E-state index contributed by atoms with van der Waals surface area (Å²) in [6.45, 7) is 1.88. The zero-order valence-electron chi connectivity index (χ0n) is 14.7. The molecule has 0 bridgehead atoms. The third kappa shape index (κ3) is 2.52. The van der Waals surface area contributed by atoms with Crippen LogP contribution in [0.25, 0.3) is 11.0 Å². The van der Waals surface area contributed by atoms with E-state index in [2.05, 4.69) is 0 Å². The smallest absolute Gasteiger partial charge is 0.344 e. The van der Waals surface area contributed by atoms with Gasteiger partial charge in [0.2, 0.25) is 0 Å². The van der Waals surface area contributed by atoms with E-state index in [0.29, 0.717) is 28.4 Å². The van der Waals surface area contributed by atoms with Gasteiger partial charge >= 0.3 is 5.63 Å². The summed E-state index contributed by atoms with van der Waals surface area (Å²) in [6.07, 6.45) is 1.91. The first kappa shape index (κ1) is 16.3. The van der Waals surface area contributed by atoms with Crippen LogP contribution in [0, 0.1) is 0 Å². The SMILES string of the molecule is COc1ccc([C@H]2C=C(C)Oc3c2c(=O)oc2ccccc32)cc1OC. The number of fused-ring (bicyclic) bond motifs is 3. The first-order valence-electron chi connectivity index (χ1n) is 8.26. The van der Waals surface area contributed by atoms with Crippen molar-refractivity contribution in [3.63, 3.8) is 0 Å². The van der Waals surface area contributed by atoms with Crippen molar-refractivity contribution in [3.8, 4) is 17.2 Å². The Morgan fingerprint density at radius 1 is 1.00 bits per heavy atom. The van der Waals surface area contributed by atoms with Gasteiger partial charge in [-0.25, -0.2) is 4.79 Å². The highest BCUT2D eigenvalue weighted by Gasteiger charge is 2.29. The van der Waals surface area contributed by atoms with Crippen LogP contribution in [0.4, 0.5) is 0 Å². The van der Waals surface area contributed by atoms with Crippen molar-refractivity contribution in [2.45, 2.75) is 12.8 Å². The molecule has 132 valence electrons. The number of methoxy groups -OCH3 is 2. The third-order valence-electron chi connectivity index (χ3n) is 4.54. The van der Waals surface area contributed by atoms with Gasteiger partial charge in [-0.05, 0) is 42.8 Å². The molecule has 4 rings (SSSR count). The van der Waals surface area contributed by atoms with E-state index < -0.39 is 5.63 Å². The summed E-state index contributed by atoms with van der Waals surface area (Å²) in [6, 6.07) is 13.0. The second-order valence-corrected chi connectivity index (χ2v) is 6.10. The maximum Gasteiger partial charge on any atom is 0.344 e. The predicted molar refractivity (Wildman–Crippen MR) is 98.3 cm³/mol. The van der Waals surface area contributed by atoms with E-state index in [1.54, 1.807) is 20.3 Å². The summed E-state index contributed by atoms with van der Waals surface area (Å²) in [5, 5.41) is 0.778. The van der Waals surface area contributed by atoms with E-state index in [9.17, 15) is 4.79 Å². The van der Waals surface area contributed by atoms with E-state index in [1.807, 2.05) is 49.4 Å². The number of rotatable bonds is 3. The molecular weight excluding hydrogens is 332 g/mol. The fraction of sp³-hybridized carbons (Fsp3) is 0.190. The first-order valence-corrected chi connectivity index (χ1v) is 8.26. The summed E-state index contributed by atoms with van der Waals surface area (Å²) >= 11 is 0. The van der Waals surface area contributed by atoms with E-state index in [1.165, 1.54) is 0 Å². The lowest BCUT2D eigenvalue weighted by molar-refractivity contribution is 0.354. The minimum Gasteiger partial charge on any atom is -0.493 e. The van der Waals surface area contributed by atoms with E-state index in [-0.39, 0.29) is 5.92 Å². The molecule has 26 heavy (non-hydrogen) atoms. The van der Waals surface area contributed by atoms with Crippen LogP contribution in [0.1, 0.15) is 24.0 Å². The molecule has 2 aromatic carbocycles. The molecule has 0 saturated heterocycles. The van der Waals surface area contributed by atoms with Crippen molar-refractivity contribution in [1.82, 2.24) is 0 Å². The number of allylic oxidation sites excluding steroid dienone is 2. The highest BCUT2D eigenvalue weighted by molar-refractivity contribution is 5.85. The number of ether oxygens (including phenoxy) is 3. The zero-order valence-corrected chi connectivity index (χ0v) is 14.7. The van der Waals surface area contributed by atoms with Crippen molar-refractivity contribution >= 4 is 11.0 Å². The number of hydrogen-bond acceptors (Lipinski definition) is 5. The normalized spacial score (nSPS) is 15.8. The highest BCUT2D eigenvalue weighted by atomic mass is 16.5. The molecule has 5 heteroatoms. The lowest BCUT2D eigenvalue weighted by Gasteiger charge is -2.24. The van der Waals surface area contributed by atoms with Crippen LogP contribution >= 0.6 is 0 Å². The van der Waals surface area contributed by atoms with Gasteiger partial charge in [-0.1, -0.05) is 18.2 Å². The Kier molecular flexibility index (Phi) is 3.92. The molecule has 2 heterocycles. The van der Waals surface area contributed by atoms with Crippen molar-refractivity contribution in [3.05, 3.63) is 75.8 Å². The minimum absolute atomic E-state index is 0.292. The van der Waals surface area contributed by atoms with E-state index >= 15 is 0 Å². The molecule has 1 aliphatic rings. The first-order chi connectivity index (χ1) is 12.6. The summed E-state index contributed by atoms with van der Waals surface area (Å²) in [5.41, 5.74) is 1.50. The van der Waals surface area contributed by atoms with Gasteiger partial charge in [-0.3, -0.25) is 0 Å². The highest BCUT2D eigenvalue weighted by Crippen LogP contribution is 2.42. The third-order valence-corrected chi connectivity index (χ3v) is 4.54. The topological polar surface area (TPSA) is 57.9 Å². The summed E-state index contributed by atoms with van der Waals surface area (Å²) < 4.78 is 22.2. The Bertz CT molecular complexity index is 1080. The lowest BCUT2D eigenvalue weighted by Crippen LogP contribution is -2.19. The molecule has 0 aliphatic carbocycles. The molecule has 1 atom stereocenters. The van der Waals surface area contributed by atoms with Crippen LogP contribution in [0.2, 0.25) is 0 Å². The van der Waals surface area contributed by atoms with Crippen molar-refractivity contribution in [1.29, 1.82) is 0 Å². The molecule has 0 saturated carbocycles. The Morgan fingerprint density at radius 2 is 1.77 bits per heavy atom. The van der Waals surface area contributed by atoms with Crippen molar-refractivity contribution in [2.75, 3.05) is 14.2 Å². The molecule has 0 amide bonds. The fourth-order valence-electron chi connectivity index (χ4n) is 3.34. The van der Waals surface area contributed by atoms with Crippen molar-refractivity contribution < 1.29 is 18.6 Å². The average molecular weight is 350 g/mol. The van der Waals surface area contributed by atoms with Crippen LogP contribution in [0.5, 0.6) is 17.2 Å². The standard InChI is InChI=1S/C21H18O5/c1-12-10-15(13-8-9-17(23-2)18(11-13)24-3)19-20(25-12)14-6-4-5-7-16(14)26-21(19)22/h4-11,15H,1-3H3/t15-/m1/s1. The van der Waals surface area contributed by atoms with Gasteiger partial charge in [0.1, 0.15) is 11.3 Å². The van der Waals surface area contributed by atoms with Gasteiger partial charge in [0.15, 0.2) is 11.5 Å². The molecule has 1 aromatic heterocycles. The maximum absolute atomic E-state index is 12.7. The summed E-state index contributed by atoms with van der Waals surface area (Å²) in [4.78, 5) is 12.7. The van der Waals surface area contributed by atoms with Crippen LogP contribution in [-0.4, -0.2) is 14.2 Å². The quantitative estimate of drug-likeness (QED) is 0.661. The number of hydrogen-bond donors (Lipinski definition) is 0. The molecule has 0 fully saturated rings. The monoisotopic (exact) mass is 350 g/mol. The Labute approximate surface area is 150 Å². The molecule has 3 aromatic rings. The number of para-hydroxylation sites is 1. The van der Waals surface area contributed by atoms with Gasteiger partial charge in [0.25, 0.3) is 0 Å². The molecule has 5 nitrogen and oxygen atoms in total. The molecule has 0 spiro atoms. The Hall–Kier alpha value is -3.21.